The van der Waals surface area contributed by atoms with Crippen molar-refractivity contribution in [2.45, 2.75) is 24.5 Å². The minimum Gasteiger partial charge on any atom is -0.387 e. The normalized spacial score (nSPS) is 23.7. The van der Waals surface area contributed by atoms with Crippen LogP contribution >= 0.6 is 0 Å². The Morgan fingerprint density at radius 1 is 1.31 bits per heavy atom. The van der Waals surface area contributed by atoms with E-state index in [1.54, 1.807) is 0 Å². The van der Waals surface area contributed by atoms with E-state index < -0.39 is 42.0 Å². The lowest BCUT2D eigenvalue weighted by Gasteiger charge is -2.16. The van der Waals surface area contributed by atoms with Crippen LogP contribution in [0.3, 0.4) is 0 Å². The fourth-order valence-electron chi connectivity index (χ4n) is 2.76. The van der Waals surface area contributed by atoms with Gasteiger partial charge in [0.05, 0.1) is 17.9 Å². The number of H-pyrrole nitrogens is 1. The molecular weight excluding hydrogens is 392 g/mol. The molecule has 0 aliphatic carbocycles. The van der Waals surface area contributed by atoms with Gasteiger partial charge in [0.2, 0.25) is 0 Å². The molecule has 4 atom stereocenters. The zero-order valence-corrected chi connectivity index (χ0v) is 15.1. The SMILES string of the molecule is CN(N=O)C(=O)NCCNC(=O)[C@H]1O[C@@H](n2cnc3c(=O)[nH]cnc32)[C@H](O)[C@@H]1O. The van der Waals surface area contributed by atoms with Crippen molar-refractivity contribution in [2.75, 3.05) is 20.1 Å². The molecule has 2 aromatic heterocycles. The molecule has 156 valence electrons. The van der Waals surface area contributed by atoms with E-state index in [2.05, 4.69) is 30.9 Å². The molecule has 0 radical (unpaired) electrons. The standard InChI is InChI=1S/C14H18N8O7/c1-21(20-28)14(27)16-3-2-15-12(26)9-7(23)8(24)13(29-9)22-5-19-6-10(22)17-4-18-11(6)25/h4-5,7-9,13,23-24H,2-3H2,1H3,(H,15,26)(H,16,27)(H,17,18,25)/t7-,8+,9-,13+/m0/s1. The van der Waals surface area contributed by atoms with Gasteiger partial charge in [-0.15, -0.1) is 4.91 Å². The van der Waals surface area contributed by atoms with Crippen LogP contribution in [0.15, 0.2) is 22.7 Å². The van der Waals surface area contributed by atoms with Gasteiger partial charge in [-0.2, -0.15) is 5.01 Å². The number of aliphatic hydroxyl groups is 2. The van der Waals surface area contributed by atoms with E-state index in [1.807, 2.05) is 0 Å². The lowest BCUT2D eigenvalue weighted by Crippen LogP contribution is -2.45. The molecule has 0 bridgehead atoms. The molecule has 0 saturated carbocycles. The molecule has 0 aromatic carbocycles. The van der Waals surface area contributed by atoms with Crippen LogP contribution in [0, 0.1) is 4.91 Å². The second-order valence-electron chi connectivity index (χ2n) is 6.11. The monoisotopic (exact) mass is 410 g/mol. The molecule has 1 saturated heterocycles. The summed E-state index contributed by atoms with van der Waals surface area (Å²) in [6, 6.07) is -0.753. The number of hydrogen-bond acceptors (Lipinski definition) is 10. The summed E-state index contributed by atoms with van der Waals surface area (Å²) in [7, 11) is 1.16. The molecule has 3 rings (SSSR count). The van der Waals surface area contributed by atoms with Crippen molar-refractivity contribution in [1.82, 2.24) is 35.2 Å². The summed E-state index contributed by atoms with van der Waals surface area (Å²) in [5, 5.41) is 28.2. The van der Waals surface area contributed by atoms with E-state index in [0.717, 1.165) is 13.4 Å². The van der Waals surface area contributed by atoms with Crippen LogP contribution in [0.4, 0.5) is 4.79 Å². The minimum atomic E-state index is -1.56. The highest BCUT2D eigenvalue weighted by Gasteiger charge is 2.47. The second-order valence-corrected chi connectivity index (χ2v) is 6.11. The van der Waals surface area contributed by atoms with Crippen LogP contribution in [-0.4, -0.2) is 85.1 Å². The third-order valence-electron chi connectivity index (χ3n) is 4.25. The maximum Gasteiger partial charge on any atom is 0.340 e. The number of imidazole rings is 1. The third-order valence-corrected chi connectivity index (χ3v) is 4.25. The zero-order valence-electron chi connectivity index (χ0n) is 15.1. The van der Waals surface area contributed by atoms with Crippen LogP contribution in [-0.2, 0) is 9.53 Å². The lowest BCUT2D eigenvalue weighted by molar-refractivity contribution is -0.137. The van der Waals surface area contributed by atoms with Gasteiger partial charge < -0.3 is 30.6 Å². The molecule has 0 spiro atoms. The van der Waals surface area contributed by atoms with E-state index in [9.17, 15) is 29.5 Å². The summed E-state index contributed by atoms with van der Waals surface area (Å²) in [4.78, 5) is 55.8. The highest BCUT2D eigenvalue weighted by Crippen LogP contribution is 2.30. The number of nitroso groups, excluding NO2 is 1. The molecule has 1 aliphatic heterocycles. The molecule has 2 aromatic rings. The lowest BCUT2D eigenvalue weighted by atomic mass is 10.1. The molecule has 15 nitrogen and oxygen atoms in total. The average Bonchev–Trinajstić information content (AvgIpc) is 3.27. The number of hydrogen-bond donors (Lipinski definition) is 5. The molecule has 0 unspecified atom stereocenters. The predicted octanol–water partition coefficient (Wildman–Crippen LogP) is -2.82. The summed E-state index contributed by atoms with van der Waals surface area (Å²) in [6.45, 7) is -0.0480. The Morgan fingerprint density at radius 2 is 2.03 bits per heavy atom. The summed E-state index contributed by atoms with van der Waals surface area (Å²) < 4.78 is 6.72. The number of rotatable bonds is 6. The van der Waals surface area contributed by atoms with Gasteiger partial charge >= 0.3 is 6.03 Å². The van der Waals surface area contributed by atoms with Gasteiger partial charge in [0, 0.05) is 20.1 Å². The topological polar surface area (TPSA) is 204 Å². The van der Waals surface area contributed by atoms with Crippen molar-refractivity contribution in [2.24, 2.45) is 5.29 Å². The number of nitrogens with one attached hydrogen (secondary N) is 3. The predicted molar refractivity (Wildman–Crippen MR) is 94.0 cm³/mol. The Labute approximate surface area is 161 Å². The first-order valence-corrected chi connectivity index (χ1v) is 8.39. The first-order valence-electron chi connectivity index (χ1n) is 8.39. The summed E-state index contributed by atoms with van der Waals surface area (Å²) in [5.41, 5.74) is -0.369. The smallest absolute Gasteiger partial charge is 0.340 e. The number of aliphatic hydroxyl groups excluding tert-OH is 2. The Morgan fingerprint density at radius 3 is 2.76 bits per heavy atom. The van der Waals surface area contributed by atoms with Gasteiger partial charge in [-0.1, -0.05) is 0 Å². The van der Waals surface area contributed by atoms with Crippen molar-refractivity contribution in [1.29, 1.82) is 0 Å². The minimum absolute atomic E-state index is 0.0104. The highest BCUT2D eigenvalue weighted by atomic mass is 16.6. The number of fused-ring (bicyclic) bond motifs is 1. The first kappa shape index (κ1) is 20.3. The summed E-state index contributed by atoms with van der Waals surface area (Å²) in [6.07, 6.45) is -3.30. The fraction of sp³-hybridized carbons (Fsp3) is 0.500. The second kappa shape index (κ2) is 8.29. The average molecular weight is 410 g/mol. The van der Waals surface area contributed by atoms with Crippen molar-refractivity contribution in [3.8, 4) is 0 Å². The van der Waals surface area contributed by atoms with Crippen molar-refractivity contribution in [3.05, 3.63) is 27.9 Å². The number of ether oxygens (including phenoxy) is 1. The maximum atomic E-state index is 12.3. The highest BCUT2D eigenvalue weighted by molar-refractivity contribution is 5.82. The zero-order chi connectivity index (χ0) is 21.1. The molecule has 1 aliphatic rings. The van der Waals surface area contributed by atoms with Gasteiger partial charge in [0.25, 0.3) is 11.5 Å². The molecule has 1 fully saturated rings. The Kier molecular flexibility index (Phi) is 5.81. The molecular formula is C14H18N8O7. The van der Waals surface area contributed by atoms with Crippen LogP contribution in [0.2, 0.25) is 0 Å². The van der Waals surface area contributed by atoms with Gasteiger partial charge in [0.1, 0.15) is 12.2 Å². The van der Waals surface area contributed by atoms with Crippen molar-refractivity contribution >= 4 is 23.1 Å². The van der Waals surface area contributed by atoms with E-state index >= 15 is 0 Å². The number of urea groups is 1. The Bertz CT molecular complexity index is 974. The summed E-state index contributed by atoms with van der Waals surface area (Å²) in [5.74, 6) is -0.731. The van der Waals surface area contributed by atoms with Gasteiger partial charge in [-0.25, -0.2) is 14.8 Å². The van der Waals surface area contributed by atoms with Gasteiger partial charge in [-0.05, 0) is 0 Å². The van der Waals surface area contributed by atoms with Crippen LogP contribution in [0.25, 0.3) is 11.2 Å². The largest absolute Gasteiger partial charge is 0.387 e. The van der Waals surface area contributed by atoms with E-state index in [0.29, 0.717) is 5.01 Å². The number of aromatic amines is 1. The van der Waals surface area contributed by atoms with Crippen molar-refractivity contribution in [3.63, 3.8) is 0 Å². The third kappa shape index (κ3) is 3.91. The molecule has 3 amide bonds. The fourth-order valence-corrected chi connectivity index (χ4v) is 2.76. The van der Waals surface area contributed by atoms with E-state index in [4.69, 9.17) is 4.74 Å². The molecule has 5 N–H and O–H groups in total. The molecule has 15 heteroatoms. The van der Waals surface area contributed by atoms with Gasteiger partial charge in [0.15, 0.2) is 23.5 Å². The molecule has 29 heavy (non-hydrogen) atoms. The quantitative estimate of drug-likeness (QED) is 0.189. The van der Waals surface area contributed by atoms with Crippen molar-refractivity contribution < 1.29 is 24.5 Å². The number of carbonyl (C=O) groups is 2. The summed E-state index contributed by atoms with van der Waals surface area (Å²) >= 11 is 0. The van der Waals surface area contributed by atoms with Gasteiger partial charge in [-0.3, -0.25) is 14.2 Å². The molecule has 3 heterocycles. The van der Waals surface area contributed by atoms with Crippen LogP contribution < -0.4 is 16.2 Å². The van der Waals surface area contributed by atoms with Crippen LogP contribution in [0.5, 0.6) is 0 Å². The Hall–Kier alpha value is -3.43. The van der Waals surface area contributed by atoms with E-state index in [-0.39, 0.29) is 24.3 Å². The van der Waals surface area contributed by atoms with Crippen LogP contribution in [0.1, 0.15) is 6.23 Å². The number of aromatic nitrogens is 4. The number of carbonyl (C=O) groups excluding carboxylic acids is 2. The maximum absolute atomic E-state index is 12.3. The number of nitrogens with zero attached hydrogens (tertiary/aromatic N) is 5. The Balaban J connectivity index is 1.62. The van der Waals surface area contributed by atoms with E-state index in [1.165, 1.54) is 10.9 Å². The number of amides is 3. The first-order chi connectivity index (χ1) is 13.8.